The van der Waals surface area contributed by atoms with Crippen LogP contribution in [0, 0.1) is 0 Å². The zero-order chi connectivity index (χ0) is 19.8. The molecule has 2 aromatic heterocycles. The number of amides is 1. The Labute approximate surface area is 170 Å². The monoisotopic (exact) mass is 390 g/mol. The molecule has 2 fully saturated rings. The van der Waals surface area contributed by atoms with E-state index in [1.54, 1.807) is 0 Å². The van der Waals surface area contributed by atoms with Crippen LogP contribution >= 0.6 is 0 Å². The summed E-state index contributed by atoms with van der Waals surface area (Å²) < 4.78 is 2.07. The summed E-state index contributed by atoms with van der Waals surface area (Å²) in [6, 6.07) is 16.3. The van der Waals surface area contributed by atoms with Gasteiger partial charge in [-0.25, -0.2) is 4.98 Å². The van der Waals surface area contributed by atoms with Gasteiger partial charge in [-0.1, -0.05) is 36.4 Å². The average Bonchev–Trinajstić information content (AvgIpc) is 3.40. The summed E-state index contributed by atoms with van der Waals surface area (Å²) in [7, 11) is 0. The molecule has 0 saturated carbocycles. The van der Waals surface area contributed by atoms with Crippen LogP contribution in [0.25, 0.3) is 5.65 Å². The highest BCUT2D eigenvalue weighted by atomic mass is 16.3. The molecule has 1 amide bonds. The second-order valence-electron chi connectivity index (χ2n) is 8.22. The Morgan fingerprint density at radius 2 is 1.86 bits per heavy atom. The van der Waals surface area contributed by atoms with Gasteiger partial charge in [-0.3, -0.25) is 4.79 Å². The highest BCUT2D eigenvalue weighted by Gasteiger charge is 2.42. The molecule has 29 heavy (non-hydrogen) atoms. The minimum absolute atomic E-state index is 0.109. The number of benzene rings is 1. The van der Waals surface area contributed by atoms with Crippen molar-refractivity contribution in [3.05, 3.63) is 72.2 Å². The minimum Gasteiger partial charge on any atom is -0.392 e. The van der Waals surface area contributed by atoms with Crippen molar-refractivity contribution in [1.29, 1.82) is 0 Å². The lowest BCUT2D eigenvalue weighted by Gasteiger charge is -2.42. The van der Waals surface area contributed by atoms with Gasteiger partial charge in [-0.05, 0) is 37.0 Å². The number of β-amino-alcohol motifs (C(OH)–C–C–N with tert-alkyl or cyclic N) is 1. The first-order valence-corrected chi connectivity index (χ1v) is 10.4. The molecular formula is C23H26N4O2. The van der Waals surface area contributed by atoms with Gasteiger partial charge in [0.05, 0.1) is 17.8 Å². The maximum absolute atomic E-state index is 12.9. The smallest absolute Gasteiger partial charge is 0.239 e. The van der Waals surface area contributed by atoms with E-state index < -0.39 is 6.10 Å². The number of piperidine rings is 1. The van der Waals surface area contributed by atoms with Crippen LogP contribution < -0.4 is 5.32 Å². The number of carbonyl (C=O) groups is 1. The van der Waals surface area contributed by atoms with Gasteiger partial charge in [0.1, 0.15) is 5.65 Å². The van der Waals surface area contributed by atoms with Crippen LogP contribution in [0.2, 0.25) is 0 Å². The van der Waals surface area contributed by atoms with Gasteiger partial charge < -0.3 is 19.7 Å². The minimum atomic E-state index is -0.421. The molecule has 6 heteroatoms. The van der Waals surface area contributed by atoms with Gasteiger partial charge in [0.25, 0.3) is 0 Å². The number of nitrogens with one attached hydrogen (secondary N) is 1. The van der Waals surface area contributed by atoms with Gasteiger partial charge in [-0.2, -0.15) is 0 Å². The summed E-state index contributed by atoms with van der Waals surface area (Å²) in [5, 5.41) is 12.9. The lowest BCUT2D eigenvalue weighted by molar-refractivity contribution is -0.134. The Kier molecular flexibility index (Phi) is 4.60. The van der Waals surface area contributed by atoms with Crippen molar-refractivity contribution in [2.45, 2.75) is 36.8 Å². The first-order chi connectivity index (χ1) is 14.2. The normalized spacial score (nSPS) is 24.1. The molecule has 0 aliphatic carbocycles. The molecule has 2 aliphatic heterocycles. The summed E-state index contributed by atoms with van der Waals surface area (Å²) in [6.45, 7) is 1.88. The summed E-state index contributed by atoms with van der Waals surface area (Å²) in [5.74, 6) is 0.109. The number of fused-ring (bicyclic) bond motifs is 1. The van der Waals surface area contributed by atoms with Crippen molar-refractivity contribution in [3.63, 3.8) is 0 Å². The quantitative estimate of drug-likeness (QED) is 0.717. The molecule has 0 bridgehead atoms. The van der Waals surface area contributed by atoms with Crippen molar-refractivity contribution >= 4 is 11.6 Å². The third-order valence-corrected chi connectivity index (χ3v) is 6.52. The van der Waals surface area contributed by atoms with E-state index in [0.717, 1.165) is 24.2 Å². The summed E-state index contributed by atoms with van der Waals surface area (Å²) in [4.78, 5) is 19.8. The fourth-order valence-corrected chi connectivity index (χ4v) is 4.85. The molecule has 4 heterocycles. The van der Waals surface area contributed by atoms with Gasteiger partial charge in [-0.15, -0.1) is 0 Å². The van der Waals surface area contributed by atoms with E-state index in [4.69, 9.17) is 4.98 Å². The number of aromatic nitrogens is 2. The molecule has 5 rings (SSSR count). The molecule has 1 aromatic carbocycles. The molecule has 0 unspecified atom stereocenters. The molecule has 2 aliphatic rings. The Balaban J connectivity index is 1.45. The number of aliphatic hydroxyl groups is 1. The number of rotatable bonds is 3. The van der Waals surface area contributed by atoms with Crippen LogP contribution in [-0.2, 0) is 10.2 Å². The number of imidazole rings is 1. The van der Waals surface area contributed by atoms with Gasteiger partial charge in [0.15, 0.2) is 0 Å². The number of carbonyl (C=O) groups excluding carboxylic acids is 1. The second kappa shape index (κ2) is 7.28. The fourth-order valence-electron chi connectivity index (χ4n) is 4.85. The van der Waals surface area contributed by atoms with Crippen LogP contribution in [-0.4, -0.2) is 57.1 Å². The number of nitrogens with zero attached hydrogens (tertiary/aromatic N) is 3. The third-order valence-electron chi connectivity index (χ3n) is 6.52. The highest BCUT2D eigenvalue weighted by molar-refractivity contribution is 5.82. The maximum atomic E-state index is 12.9. The van der Waals surface area contributed by atoms with E-state index in [2.05, 4.69) is 40.2 Å². The lowest BCUT2D eigenvalue weighted by atomic mass is 9.70. The fraction of sp³-hybridized carbons (Fsp3) is 0.391. The van der Waals surface area contributed by atoms with Crippen LogP contribution in [0.15, 0.2) is 60.9 Å². The highest BCUT2D eigenvalue weighted by Crippen LogP contribution is 2.41. The number of likely N-dealkylation sites (tertiary alicyclic amines) is 1. The van der Waals surface area contributed by atoms with Crippen LogP contribution in [0.4, 0.5) is 0 Å². The Hall–Kier alpha value is -2.70. The Bertz CT molecular complexity index is 975. The summed E-state index contributed by atoms with van der Waals surface area (Å²) in [6.07, 6.45) is 5.92. The predicted molar refractivity (Wildman–Crippen MR) is 111 cm³/mol. The first kappa shape index (κ1) is 18.3. The second-order valence-corrected chi connectivity index (χ2v) is 8.22. The van der Waals surface area contributed by atoms with E-state index in [1.165, 1.54) is 5.56 Å². The zero-order valence-corrected chi connectivity index (χ0v) is 16.4. The molecule has 2 saturated heterocycles. The van der Waals surface area contributed by atoms with Crippen molar-refractivity contribution in [2.75, 3.05) is 19.6 Å². The Morgan fingerprint density at radius 3 is 2.55 bits per heavy atom. The maximum Gasteiger partial charge on any atom is 0.239 e. The van der Waals surface area contributed by atoms with Gasteiger partial charge in [0.2, 0.25) is 5.91 Å². The van der Waals surface area contributed by atoms with Crippen molar-refractivity contribution in [2.24, 2.45) is 0 Å². The topological polar surface area (TPSA) is 69.9 Å². The van der Waals surface area contributed by atoms with E-state index in [1.807, 2.05) is 35.4 Å². The Morgan fingerprint density at radius 1 is 1.10 bits per heavy atom. The molecule has 3 aromatic rings. The van der Waals surface area contributed by atoms with Crippen molar-refractivity contribution in [3.8, 4) is 0 Å². The molecule has 0 radical (unpaired) electrons. The first-order valence-electron chi connectivity index (χ1n) is 10.4. The zero-order valence-electron chi connectivity index (χ0n) is 16.4. The molecule has 2 N–H and O–H groups in total. The van der Waals surface area contributed by atoms with Crippen LogP contribution in [0.5, 0.6) is 0 Å². The van der Waals surface area contributed by atoms with E-state index in [9.17, 15) is 9.90 Å². The number of pyridine rings is 1. The van der Waals surface area contributed by atoms with Gasteiger partial charge >= 0.3 is 0 Å². The standard InChI is InChI=1S/C23H26N4O2/c28-18-14-19(24-15-18)22(29)26-12-9-23(10-13-26,17-6-2-1-3-7-17)20-16-27-11-5-4-8-21(27)25-20/h1-8,11,16,18-19,24,28H,9-10,12-15H2/t18-,19-/m1/s1. The SMILES string of the molecule is O=C([C@H]1C[C@@H](O)CN1)N1CCC(c2ccccc2)(c2cn3ccccc3n2)CC1. The molecule has 150 valence electrons. The number of aliphatic hydroxyl groups excluding tert-OH is 1. The molecule has 0 spiro atoms. The predicted octanol–water partition coefficient (Wildman–Crippen LogP) is 1.97. The molecular weight excluding hydrogens is 364 g/mol. The van der Waals surface area contributed by atoms with Crippen molar-refractivity contribution < 1.29 is 9.90 Å². The van der Waals surface area contributed by atoms with Crippen LogP contribution in [0.1, 0.15) is 30.5 Å². The lowest BCUT2D eigenvalue weighted by Crippen LogP contribution is -2.50. The van der Waals surface area contributed by atoms with E-state index >= 15 is 0 Å². The average molecular weight is 390 g/mol. The van der Waals surface area contributed by atoms with E-state index in [-0.39, 0.29) is 17.4 Å². The van der Waals surface area contributed by atoms with Crippen LogP contribution in [0.3, 0.4) is 0 Å². The third kappa shape index (κ3) is 3.22. The van der Waals surface area contributed by atoms with Gasteiger partial charge in [0, 0.05) is 37.4 Å². The van der Waals surface area contributed by atoms with E-state index in [0.29, 0.717) is 26.1 Å². The summed E-state index contributed by atoms with van der Waals surface area (Å²) >= 11 is 0. The summed E-state index contributed by atoms with van der Waals surface area (Å²) in [5.41, 5.74) is 3.06. The largest absolute Gasteiger partial charge is 0.392 e. The van der Waals surface area contributed by atoms with Crippen molar-refractivity contribution in [1.82, 2.24) is 19.6 Å². The molecule has 2 atom stereocenters. The number of hydrogen-bond acceptors (Lipinski definition) is 4. The molecule has 6 nitrogen and oxygen atoms in total. The number of hydrogen-bond donors (Lipinski definition) is 2.